The minimum atomic E-state index is -0.293. The van der Waals surface area contributed by atoms with Crippen molar-refractivity contribution < 1.29 is 5.11 Å². The van der Waals surface area contributed by atoms with E-state index in [0.717, 1.165) is 17.5 Å². The predicted molar refractivity (Wildman–Crippen MR) is 60.7 cm³/mol. The molecular weight excluding hydrogens is 206 g/mol. The van der Waals surface area contributed by atoms with Crippen molar-refractivity contribution in [1.82, 2.24) is 19.7 Å². The van der Waals surface area contributed by atoms with E-state index in [4.69, 9.17) is 5.73 Å². The maximum absolute atomic E-state index is 9.48. The monoisotopic (exact) mass is 221 g/mol. The molecule has 2 aromatic heterocycles. The highest BCUT2D eigenvalue weighted by Crippen LogP contribution is 2.15. The summed E-state index contributed by atoms with van der Waals surface area (Å²) in [6.07, 6.45) is 4.20. The van der Waals surface area contributed by atoms with Gasteiger partial charge >= 0.3 is 0 Å². The van der Waals surface area contributed by atoms with Crippen LogP contribution in [0.3, 0.4) is 0 Å². The summed E-state index contributed by atoms with van der Waals surface area (Å²) in [5.74, 6) is 0.437. The fourth-order valence-corrected chi connectivity index (χ4v) is 1.55. The van der Waals surface area contributed by atoms with Gasteiger partial charge in [0.2, 0.25) is 0 Å². The van der Waals surface area contributed by atoms with Gasteiger partial charge in [-0.25, -0.2) is 14.6 Å². The Labute approximate surface area is 93.1 Å². The normalized spacial score (nSPS) is 13.1. The van der Waals surface area contributed by atoms with Crippen LogP contribution < -0.4 is 5.73 Å². The van der Waals surface area contributed by atoms with E-state index >= 15 is 0 Å². The lowest BCUT2D eigenvalue weighted by atomic mass is 10.2. The Morgan fingerprint density at radius 2 is 2.31 bits per heavy atom. The van der Waals surface area contributed by atoms with E-state index in [-0.39, 0.29) is 6.10 Å². The first-order chi connectivity index (χ1) is 7.72. The second-order valence-corrected chi connectivity index (χ2v) is 3.71. The minimum Gasteiger partial charge on any atom is -0.393 e. The van der Waals surface area contributed by atoms with Crippen molar-refractivity contribution in [3.05, 3.63) is 12.5 Å². The van der Waals surface area contributed by atoms with Crippen LogP contribution in [0.1, 0.15) is 19.8 Å². The molecule has 0 amide bonds. The second-order valence-electron chi connectivity index (χ2n) is 3.71. The van der Waals surface area contributed by atoms with Crippen molar-refractivity contribution in [2.75, 3.05) is 5.73 Å². The highest BCUT2D eigenvalue weighted by Gasteiger charge is 2.08. The molecule has 1 atom stereocenters. The molecule has 0 aromatic carbocycles. The summed E-state index contributed by atoms with van der Waals surface area (Å²) in [5.41, 5.74) is 6.42. The smallest absolute Gasteiger partial charge is 0.163 e. The number of hydrogen-bond acceptors (Lipinski definition) is 5. The zero-order valence-corrected chi connectivity index (χ0v) is 9.17. The van der Waals surface area contributed by atoms with Gasteiger partial charge in [-0.05, 0) is 12.8 Å². The van der Waals surface area contributed by atoms with E-state index in [0.29, 0.717) is 18.8 Å². The van der Waals surface area contributed by atoms with Crippen LogP contribution in [0.2, 0.25) is 0 Å². The molecule has 2 aromatic rings. The van der Waals surface area contributed by atoms with Crippen LogP contribution in [0.5, 0.6) is 0 Å². The first-order valence-electron chi connectivity index (χ1n) is 5.32. The third-order valence-corrected chi connectivity index (χ3v) is 2.61. The Morgan fingerprint density at radius 1 is 1.50 bits per heavy atom. The SMILES string of the molecule is CCC(O)CCn1ncc2c(N)ncnc21. The summed E-state index contributed by atoms with van der Waals surface area (Å²) in [7, 11) is 0. The van der Waals surface area contributed by atoms with E-state index in [2.05, 4.69) is 15.1 Å². The number of aliphatic hydroxyl groups excluding tert-OH is 1. The molecule has 2 rings (SSSR count). The van der Waals surface area contributed by atoms with Crippen LogP contribution in [0.15, 0.2) is 12.5 Å². The summed E-state index contributed by atoms with van der Waals surface area (Å²) in [4.78, 5) is 8.03. The number of nitrogens with two attached hydrogens (primary N) is 1. The first kappa shape index (κ1) is 10.8. The number of hydrogen-bond donors (Lipinski definition) is 2. The van der Waals surface area contributed by atoms with Crippen molar-refractivity contribution in [3.63, 3.8) is 0 Å². The van der Waals surface area contributed by atoms with Crippen molar-refractivity contribution >= 4 is 16.9 Å². The standard InChI is InChI=1S/C10H15N5O/c1-2-7(16)3-4-15-10-8(5-14-15)9(11)12-6-13-10/h5-7,16H,2-4H2,1H3,(H2,11,12,13). The molecular formula is C10H15N5O. The van der Waals surface area contributed by atoms with Gasteiger partial charge in [-0.2, -0.15) is 5.10 Å². The zero-order chi connectivity index (χ0) is 11.5. The van der Waals surface area contributed by atoms with Gasteiger partial charge in [-0.3, -0.25) is 0 Å². The maximum Gasteiger partial charge on any atom is 0.163 e. The van der Waals surface area contributed by atoms with E-state index in [9.17, 15) is 5.11 Å². The zero-order valence-electron chi connectivity index (χ0n) is 9.17. The summed E-state index contributed by atoms with van der Waals surface area (Å²) >= 11 is 0. The van der Waals surface area contributed by atoms with Crippen LogP contribution in [0.4, 0.5) is 5.82 Å². The highest BCUT2D eigenvalue weighted by atomic mass is 16.3. The van der Waals surface area contributed by atoms with Crippen molar-refractivity contribution in [3.8, 4) is 0 Å². The van der Waals surface area contributed by atoms with E-state index in [1.54, 1.807) is 10.9 Å². The molecule has 16 heavy (non-hydrogen) atoms. The van der Waals surface area contributed by atoms with Gasteiger partial charge in [-0.15, -0.1) is 0 Å². The van der Waals surface area contributed by atoms with Gasteiger partial charge in [-0.1, -0.05) is 6.92 Å². The number of rotatable bonds is 4. The Balaban J connectivity index is 2.22. The van der Waals surface area contributed by atoms with Gasteiger partial charge in [0.1, 0.15) is 12.1 Å². The quantitative estimate of drug-likeness (QED) is 0.787. The number of aliphatic hydroxyl groups is 1. The average Bonchev–Trinajstić information content (AvgIpc) is 2.70. The maximum atomic E-state index is 9.48. The lowest BCUT2D eigenvalue weighted by molar-refractivity contribution is 0.153. The van der Waals surface area contributed by atoms with Crippen LogP contribution >= 0.6 is 0 Å². The van der Waals surface area contributed by atoms with Gasteiger partial charge in [0.05, 0.1) is 17.7 Å². The molecule has 86 valence electrons. The van der Waals surface area contributed by atoms with Crippen molar-refractivity contribution in [1.29, 1.82) is 0 Å². The number of aromatic nitrogens is 4. The van der Waals surface area contributed by atoms with Gasteiger partial charge < -0.3 is 10.8 Å². The largest absolute Gasteiger partial charge is 0.393 e. The van der Waals surface area contributed by atoms with E-state index in [1.165, 1.54) is 6.33 Å². The fraction of sp³-hybridized carbons (Fsp3) is 0.500. The molecule has 1 unspecified atom stereocenters. The molecule has 0 aliphatic carbocycles. The molecule has 6 nitrogen and oxygen atoms in total. The fourth-order valence-electron chi connectivity index (χ4n) is 1.55. The Bertz CT molecular complexity index is 481. The molecule has 0 radical (unpaired) electrons. The summed E-state index contributed by atoms with van der Waals surface area (Å²) in [6, 6.07) is 0. The molecule has 0 aliphatic rings. The van der Waals surface area contributed by atoms with E-state index in [1.807, 2.05) is 6.92 Å². The Kier molecular flexibility index (Phi) is 3.00. The average molecular weight is 221 g/mol. The minimum absolute atomic E-state index is 0.293. The van der Waals surface area contributed by atoms with Crippen LogP contribution in [-0.4, -0.2) is 31.0 Å². The second kappa shape index (κ2) is 4.44. The molecule has 0 fully saturated rings. The molecule has 0 spiro atoms. The molecule has 2 heterocycles. The molecule has 3 N–H and O–H groups in total. The van der Waals surface area contributed by atoms with Crippen molar-refractivity contribution in [2.24, 2.45) is 0 Å². The molecule has 0 saturated heterocycles. The van der Waals surface area contributed by atoms with Crippen LogP contribution in [0.25, 0.3) is 11.0 Å². The third-order valence-electron chi connectivity index (χ3n) is 2.61. The number of nitrogens with zero attached hydrogens (tertiary/aromatic N) is 4. The number of aryl methyl sites for hydroxylation is 1. The first-order valence-corrected chi connectivity index (χ1v) is 5.32. The third kappa shape index (κ3) is 1.96. The molecule has 0 bridgehead atoms. The van der Waals surface area contributed by atoms with Gasteiger partial charge in [0.25, 0.3) is 0 Å². The van der Waals surface area contributed by atoms with Gasteiger partial charge in [0.15, 0.2) is 5.65 Å². The Morgan fingerprint density at radius 3 is 3.06 bits per heavy atom. The van der Waals surface area contributed by atoms with Gasteiger partial charge in [0, 0.05) is 6.54 Å². The lowest BCUT2D eigenvalue weighted by Crippen LogP contribution is -2.11. The molecule has 0 saturated carbocycles. The van der Waals surface area contributed by atoms with Crippen molar-refractivity contribution in [2.45, 2.75) is 32.4 Å². The Hall–Kier alpha value is -1.69. The topological polar surface area (TPSA) is 89.8 Å². The number of anilines is 1. The lowest BCUT2D eigenvalue weighted by Gasteiger charge is -2.07. The van der Waals surface area contributed by atoms with Crippen LogP contribution in [-0.2, 0) is 6.54 Å². The summed E-state index contributed by atoms with van der Waals surface area (Å²) < 4.78 is 1.74. The summed E-state index contributed by atoms with van der Waals surface area (Å²) in [5, 5.41) is 14.4. The predicted octanol–water partition coefficient (Wildman–Crippen LogP) is 0.569. The number of nitrogen functional groups attached to an aromatic ring is 1. The number of fused-ring (bicyclic) bond motifs is 1. The van der Waals surface area contributed by atoms with Crippen LogP contribution in [0, 0.1) is 0 Å². The molecule has 6 heteroatoms. The highest BCUT2D eigenvalue weighted by molar-refractivity contribution is 5.84. The molecule has 0 aliphatic heterocycles. The van der Waals surface area contributed by atoms with E-state index < -0.39 is 0 Å². The summed E-state index contributed by atoms with van der Waals surface area (Å²) in [6.45, 7) is 2.58.